The average molecular weight is 403 g/mol. The van der Waals surface area contributed by atoms with Crippen LogP contribution in [0.1, 0.15) is 23.1 Å². The lowest BCUT2D eigenvalue weighted by atomic mass is 10.1. The molecule has 1 aliphatic heterocycles. The van der Waals surface area contributed by atoms with Crippen molar-refractivity contribution in [3.8, 4) is 0 Å². The number of hydrogen-bond donors (Lipinski definition) is 0. The molecular weight excluding hydrogens is 383 g/mol. The van der Waals surface area contributed by atoms with E-state index in [4.69, 9.17) is 0 Å². The number of nitrogens with zero attached hydrogens (tertiary/aromatic N) is 3. The van der Waals surface area contributed by atoms with Crippen molar-refractivity contribution in [1.29, 1.82) is 0 Å². The van der Waals surface area contributed by atoms with Gasteiger partial charge in [-0.2, -0.15) is 13.2 Å². The summed E-state index contributed by atoms with van der Waals surface area (Å²) in [7, 11) is 0. The fourth-order valence-corrected chi connectivity index (χ4v) is 3.14. The van der Waals surface area contributed by atoms with Gasteiger partial charge >= 0.3 is 6.18 Å². The van der Waals surface area contributed by atoms with Gasteiger partial charge in [0.1, 0.15) is 0 Å². The van der Waals surface area contributed by atoms with E-state index in [0.29, 0.717) is 0 Å². The zero-order chi connectivity index (χ0) is 20.9. The minimum absolute atomic E-state index is 0.0459. The lowest BCUT2D eigenvalue weighted by Gasteiger charge is -2.23. The molecule has 152 valence electrons. The summed E-state index contributed by atoms with van der Waals surface area (Å²) in [5.74, 6) is -0.521. The molecule has 1 aliphatic rings. The van der Waals surface area contributed by atoms with Crippen LogP contribution in [0.4, 0.5) is 13.2 Å². The van der Waals surface area contributed by atoms with E-state index < -0.39 is 11.7 Å². The summed E-state index contributed by atoms with van der Waals surface area (Å²) in [6.07, 6.45) is 1.89. The quantitative estimate of drug-likeness (QED) is 0.736. The highest BCUT2D eigenvalue weighted by molar-refractivity contribution is 5.92. The summed E-state index contributed by atoms with van der Waals surface area (Å²) in [5.41, 5.74) is 0.0751. The second-order valence-corrected chi connectivity index (χ2v) is 6.67. The summed E-state index contributed by atoms with van der Waals surface area (Å²) < 4.78 is 39.6. The van der Waals surface area contributed by atoms with E-state index in [1.165, 1.54) is 34.1 Å². The summed E-state index contributed by atoms with van der Waals surface area (Å²) in [4.78, 5) is 31.7. The average Bonchev–Trinajstić information content (AvgIpc) is 2.88. The maximum atomic E-state index is 13.2. The molecule has 8 heteroatoms. The van der Waals surface area contributed by atoms with E-state index in [1.807, 2.05) is 6.07 Å². The fraction of sp³-hybridized carbons (Fsp3) is 0.286. The van der Waals surface area contributed by atoms with Crippen LogP contribution in [0.15, 0.2) is 54.9 Å². The minimum Gasteiger partial charge on any atom is -0.337 e. The van der Waals surface area contributed by atoms with E-state index in [1.54, 1.807) is 24.5 Å². The van der Waals surface area contributed by atoms with Crippen LogP contribution in [-0.4, -0.2) is 46.2 Å². The largest absolute Gasteiger partial charge is 0.416 e. The Balaban J connectivity index is 1.66. The van der Waals surface area contributed by atoms with Crippen molar-refractivity contribution in [3.05, 3.63) is 71.6 Å². The summed E-state index contributed by atoms with van der Waals surface area (Å²) in [5, 5.41) is 0. The van der Waals surface area contributed by atoms with Crippen LogP contribution >= 0.6 is 0 Å². The Morgan fingerprint density at radius 3 is 2.62 bits per heavy atom. The molecule has 2 aromatic rings. The molecule has 1 fully saturated rings. The molecule has 5 nitrogen and oxygen atoms in total. The first-order chi connectivity index (χ1) is 13.8. The Morgan fingerprint density at radius 1 is 1.10 bits per heavy atom. The molecule has 0 unspecified atom stereocenters. The number of benzene rings is 1. The minimum atomic E-state index is -4.48. The molecule has 0 atom stereocenters. The van der Waals surface area contributed by atoms with E-state index in [2.05, 4.69) is 4.98 Å². The van der Waals surface area contributed by atoms with Crippen LogP contribution in [0.5, 0.6) is 0 Å². The van der Waals surface area contributed by atoms with Gasteiger partial charge in [-0.3, -0.25) is 14.6 Å². The predicted molar refractivity (Wildman–Crippen MR) is 101 cm³/mol. The molecule has 0 radical (unpaired) electrons. The molecule has 1 saturated heterocycles. The summed E-state index contributed by atoms with van der Waals surface area (Å²) in [6, 6.07) is 8.79. The number of carbonyl (C=O) groups excluding carboxylic acids is 2. The molecule has 0 bridgehead atoms. The van der Waals surface area contributed by atoms with Gasteiger partial charge in [0.25, 0.3) is 0 Å². The normalized spacial score (nSPS) is 15.6. The van der Waals surface area contributed by atoms with Gasteiger partial charge in [-0.1, -0.05) is 24.3 Å². The number of halogens is 3. The first kappa shape index (κ1) is 20.6. The zero-order valence-electron chi connectivity index (χ0n) is 15.6. The van der Waals surface area contributed by atoms with E-state index in [9.17, 15) is 22.8 Å². The Bertz CT molecular complexity index is 898. The maximum absolute atomic E-state index is 13.2. The molecule has 0 N–H and O–H groups in total. The SMILES string of the molecule is O=C(C=Cc1cccnc1)N1CCC(=O)N(Cc2ccccc2C(F)(F)F)CC1. The van der Waals surface area contributed by atoms with Gasteiger partial charge in [0, 0.05) is 51.1 Å². The lowest BCUT2D eigenvalue weighted by Crippen LogP contribution is -2.35. The van der Waals surface area contributed by atoms with Crippen molar-refractivity contribution >= 4 is 17.9 Å². The van der Waals surface area contributed by atoms with Crippen molar-refractivity contribution in [3.63, 3.8) is 0 Å². The summed E-state index contributed by atoms with van der Waals surface area (Å²) >= 11 is 0. The highest BCUT2D eigenvalue weighted by Gasteiger charge is 2.34. The number of hydrogen-bond acceptors (Lipinski definition) is 3. The number of carbonyl (C=O) groups is 2. The molecule has 1 aromatic heterocycles. The monoisotopic (exact) mass is 403 g/mol. The van der Waals surface area contributed by atoms with Crippen molar-refractivity contribution < 1.29 is 22.8 Å². The standard InChI is InChI=1S/C21H20F3N3O2/c22-21(23,24)18-6-2-1-5-17(18)15-27-13-12-26(11-9-20(27)29)19(28)8-7-16-4-3-10-25-14-16/h1-8,10,14H,9,11-13,15H2. The number of alkyl halides is 3. The fourth-order valence-electron chi connectivity index (χ4n) is 3.14. The van der Waals surface area contributed by atoms with Gasteiger partial charge in [-0.05, 0) is 29.3 Å². The molecule has 0 spiro atoms. The van der Waals surface area contributed by atoms with Gasteiger partial charge in [-0.25, -0.2) is 0 Å². The molecule has 2 heterocycles. The van der Waals surface area contributed by atoms with Crippen LogP contribution in [0.25, 0.3) is 6.08 Å². The number of aromatic nitrogens is 1. The topological polar surface area (TPSA) is 53.5 Å². The van der Waals surface area contributed by atoms with Gasteiger partial charge in [0.05, 0.1) is 5.56 Å². The lowest BCUT2D eigenvalue weighted by molar-refractivity contribution is -0.139. The Labute approximate surface area is 166 Å². The first-order valence-electron chi connectivity index (χ1n) is 9.14. The van der Waals surface area contributed by atoms with Crippen LogP contribution in [-0.2, 0) is 22.3 Å². The number of amides is 2. The van der Waals surface area contributed by atoms with Crippen molar-refractivity contribution in [2.75, 3.05) is 19.6 Å². The van der Waals surface area contributed by atoms with Crippen LogP contribution in [0, 0.1) is 0 Å². The second-order valence-electron chi connectivity index (χ2n) is 6.67. The first-order valence-corrected chi connectivity index (χ1v) is 9.14. The Kier molecular flexibility index (Phi) is 6.31. The third kappa shape index (κ3) is 5.43. The molecule has 2 amide bonds. The Morgan fingerprint density at radius 2 is 1.90 bits per heavy atom. The smallest absolute Gasteiger partial charge is 0.337 e. The highest BCUT2D eigenvalue weighted by Crippen LogP contribution is 2.32. The second kappa shape index (κ2) is 8.89. The molecular formula is C21H20F3N3O2. The molecule has 29 heavy (non-hydrogen) atoms. The van der Waals surface area contributed by atoms with Crippen molar-refractivity contribution in [2.45, 2.75) is 19.1 Å². The molecule has 0 saturated carbocycles. The molecule has 0 aliphatic carbocycles. The van der Waals surface area contributed by atoms with Gasteiger partial charge in [0.15, 0.2) is 0 Å². The van der Waals surface area contributed by atoms with Gasteiger partial charge in [-0.15, -0.1) is 0 Å². The molecule has 1 aromatic carbocycles. The maximum Gasteiger partial charge on any atom is 0.416 e. The van der Waals surface area contributed by atoms with E-state index >= 15 is 0 Å². The highest BCUT2D eigenvalue weighted by atomic mass is 19.4. The van der Waals surface area contributed by atoms with Crippen molar-refractivity contribution in [1.82, 2.24) is 14.8 Å². The van der Waals surface area contributed by atoms with Crippen LogP contribution in [0.3, 0.4) is 0 Å². The zero-order valence-corrected chi connectivity index (χ0v) is 15.6. The van der Waals surface area contributed by atoms with Crippen LogP contribution < -0.4 is 0 Å². The number of rotatable bonds is 4. The Hall–Kier alpha value is -3.16. The number of pyridine rings is 1. The molecule has 3 rings (SSSR count). The van der Waals surface area contributed by atoms with E-state index in [0.717, 1.165) is 11.6 Å². The van der Waals surface area contributed by atoms with Crippen molar-refractivity contribution in [2.24, 2.45) is 0 Å². The summed E-state index contributed by atoms with van der Waals surface area (Å²) in [6.45, 7) is 0.530. The third-order valence-corrected chi connectivity index (χ3v) is 4.69. The van der Waals surface area contributed by atoms with Gasteiger partial charge in [0.2, 0.25) is 11.8 Å². The van der Waals surface area contributed by atoms with Gasteiger partial charge < -0.3 is 9.80 Å². The van der Waals surface area contributed by atoms with E-state index in [-0.39, 0.29) is 50.0 Å². The third-order valence-electron chi connectivity index (χ3n) is 4.69. The van der Waals surface area contributed by atoms with Crippen LogP contribution in [0.2, 0.25) is 0 Å². The predicted octanol–water partition coefficient (Wildman–Crippen LogP) is 3.37.